The van der Waals surface area contributed by atoms with Gasteiger partial charge in [0.2, 0.25) is 0 Å². The Morgan fingerprint density at radius 1 is 0.949 bits per heavy atom. The first-order valence-corrected chi connectivity index (χ1v) is 12.8. The van der Waals surface area contributed by atoms with Crippen LogP contribution in [0.25, 0.3) is 16.7 Å². The van der Waals surface area contributed by atoms with Crippen LogP contribution < -0.4 is 14.4 Å². The first-order valence-electron chi connectivity index (χ1n) is 12.8. The second-order valence-corrected chi connectivity index (χ2v) is 10.7. The molecule has 2 N–H and O–H groups in total. The van der Waals surface area contributed by atoms with Crippen LogP contribution in [0.2, 0.25) is 0 Å². The number of hydrogen-bond acceptors (Lipinski definition) is 5. The summed E-state index contributed by atoms with van der Waals surface area (Å²) in [5.74, 6) is -0.371. The van der Waals surface area contributed by atoms with E-state index in [0.29, 0.717) is 22.7 Å². The van der Waals surface area contributed by atoms with Crippen molar-refractivity contribution >= 4 is 34.0 Å². The summed E-state index contributed by atoms with van der Waals surface area (Å²) < 4.78 is 10.9. The van der Waals surface area contributed by atoms with Crippen LogP contribution in [0.15, 0.2) is 72.3 Å². The first-order chi connectivity index (χ1) is 18.6. The Morgan fingerprint density at radius 3 is 2.28 bits per heavy atom. The van der Waals surface area contributed by atoms with Gasteiger partial charge in [-0.15, -0.1) is 0 Å². The average molecular weight is 525 g/mol. The summed E-state index contributed by atoms with van der Waals surface area (Å²) in [5.41, 5.74) is 4.03. The van der Waals surface area contributed by atoms with Crippen molar-refractivity contribution in [2.45, 2.75) is 39.2 Å². The third-order valence-electron chi connectivity index (χ3n) is 7.29. The van der Waals surface area contributed by atoms with E-state index in [4.69, 9.17) is 9.47 Å². The topological polar surface area (TPSA) is 91.9 Å². The lowest BCUT2D eigenvalue weighted by Gasteiger charge is -2.26. The summed E-state index contributed by atoms with van der Waals surface area (Å²) in [4.78, 5) is 32.2. The number of H-pyrrole nitrogens is 1. The molecule has 0 aliphatic carbocycles. The van der Waals surface area contributed by atoms with Gasteiger partial charge in [0, 0.05) is 39.0 Å². The van der Waals surface area contributed by atoms with Crippen molar-refractivity contribution in [2.75, 3.05) is 19.1 Å². The summed E-state index contributed by atoms with van der Waals surface area (Å²) in [6.07, 6.45) is 0. The molecule has 5 rings (SSSR count). The molecule has 4 aromatic rings. The number of carbonyl (C=O) groups is 2. The minimum atomic E-state index is -0.852. The fraction of sp³-hybridized carbons (Fsp3) is 0.250. The lowest BCUT2D eigenvalue weighted by molar-refractivity contribution is -0.132. The maximum Gasteiger partial charge on any atom is 0.300 e. The molecular weight excluding hydrogens is 492 g/mol. The Bertz CT molecular complexity index is 1620. The number of aromatic nitrogens is 1. The van der Waals surface area contributed by atoms with Gasteiger partial charge < -0.3 is 19.6 Å². The molecule has 7 heteroatoms. The van der Waals surface area contributed by atoms with Gasteiger partial charge in [0.15, 0.2) is 0 Å². The SMILES string of the molecule is COc1ccc(N2C(=O)C(=O)/C(=C(/O)c3ccc(OC)c(C(C)(C)C)c3)C2c2c(C)[nH]c3ccccc23)cc1. The number of fused-ring (bicyclic) bond motifs is 1. The van der Waals surface area contributed by atoms with Crippen molar-refractivity contribution in [1.82, 2.24) is 4.98 Å². The molecule has 0 bridgehead atoms. The number of carbonyl (C=O) groups excluding carboxylic acids is 2. The summed E-state index contributed by atoms with van der Waals surface area (Å²) in [5, 5.41) is 12.6. The number of aromatic amines is 1. The fourth-order valence-corrected chi connectivity index (χ4v) is 5.36. The smallest absolute Gasteiger partial charge is 0.300 e. The van der Waals surface area contributed by atoms with Gasteiger partial charge in [-0.05, 0) is 60.9 Å². The number of aliphatic hydroxyl groups excluding tert-OH is 1. The summed E-state index contributed by atoms with van der Waals surface area (Å²) in [6.45, 7) is 8.06. The second-order valence-electron chi connectivity index (χ2n) is 10.7. The summed E-state index contributed by atoms with van der Waals surface area (Å²) in [6, 6.07) is 19.2. The monoisotopic (exact) mass is 524 g/mol. The van der Waals surface area contributed by atoms with Crippen LogP contribution in [-0.2, 0) is 15.0 Å². The van der Waals surface area contributed by atoms with Gasteiger partial charge in [0.05, 0.1) is 25.8 Å². The third-order valence-corrected chi connectivity index (χ3v) is 7.29. The first kappa shape index (κ1) is 26.1. The van der Waals surface area contributed by atoms with E-state index >= 15 is 0 Å². The van der Waals surface area contributed by atoms with E-state index in [9.17, 15) is 14.7 Å². The number of benzene rings is 3. The second kappa shape index (κ2) is 9.66. The number of Topliss-reactive ketones (excluding diaryl/α,β-unsaturated/α-hetero) is 1. The molecule has 1 aliphatic heterocycles. The summed E-state index contributed by atoms with van der Waals surface area (Å²) in [7, 11) is 3.17. The fourth-order valence-electron chi connectivity index (χ4n) is 5.36. The van der Waals surface area contributed by atoms with Gasteiger partial charge in [0.25, 0.3) is 11.7 Å². The zero-order chi connectivity index (χ0) is 28.1. The number of anilines is 1. The highest BCUT2D eigenvalue weighted by Gasteiger charge is 2.48. The number of nitrogens with one attached hydrogen (secondary N) is 1. The highest BCUT2D eigenvalue weighted by molar-refractivity contribution is 6.52. The van der Waals surface area contributed by atoms with E-state index in [1.165, 1.54) is 4.90 Å². The Morgan fingerprint density at radius 2 is 1.64 bits per heavy atom. The Kier molecular flexibility index (Phi) is 6.46. The molecule has 0 saturated carbocycles. The van der Waals surface area contributed by atoms with E-state index in [2.05, 4.69) is 4.98 Å². The maximum atomic E-state index is 13.7. The van der Waals surface area contributed by atoms with Crippen LogP contribution in [0.1, 0.15) is 49.2 Å². The molecule has 1 aromatic heterocycles. The largest absolute Gasteiger partial charge is 0.507 e. The number of methoxy groups -OCH3 is 2. The minimum absolute atomic E-state index is 0.0358. The molecular formula is C32H32N2O5. The van der Waals surface area contributed by atoms with Crippen LogP contribution in [-0.4, -0.2) is 36.0 Å². The third kappa shape index (κ3) is 4.34. The summed E-state index contributed by atoms with van der Waals surface area (Å²) >= 11 is 0. The number of rotatable bonds is 5. The highest BCUT2D eigenvalue weighted by Crippen LogP contribution is 2.46. The number of ketones is 1. The normalized spacial score (nSPS) is 17.2. The number of para-hydroxylation sites is 1. The molecule has 1 unspecified atom stereocenters. The van der Waals surface area contributed by atoms with Crippen molar-refractivity contribution in [3.63, 3.8) is 0 Å². The Labute approximate surface area is 227 Å². The number of amides is 1. The molecule has 39 heavy (non-hydrogen) atoms. The zero-order valence-electron chi connectivity index (χ0n) is 23.0. The molecule has 0 spiro atoms. The standard InChI is InChI=1S/C32H32N2O5/c1-18-26(22-9-7-8-10-24(22)33-18)28-27(29(35)19-11-16-25(39-6)23(17-19)32(2,3)4)30(36)31(37)34(28)20-12-14-21(38-5)15-13-20/h7-17,28,33,35H,1-6H3/b29-27+. The molecule has 1 fully saturated rings. The molecule has 200 valence electrons. The van der Waals surface area contributed by atoms with Crippen LogP contribution in [0, 0.1) is 6.92 Å². The lowest BCUT2D eigenvalue weighted by Crippen LogP contribution is -2.29. The average Bonchev–Trinajstić information content (AvgIpc) is 3.39. The lowest BCUT2D eigenvalue weighted by atomic mass is 9.84. The van der Waals surface area contributed by atoms with E-state index in [-0.39, 0.29) is 16.7 Å². The van der Waals surface area contributed by atoms with E-state index in [1.807, 2.05) is 58.0 Å². The Balaban J connectivity index is 1.79. The number of ether oxygens (including phenoxy) is 2. The van der Waals surface area contributed by atoms with E-state index in [1.54, 1.807) is 50.6 Å². The van der Waals surface area contributed by atoms with Crippen molar-refractivity contribution in [1.29, 1.82) is 0 Å². The van der Waals surface area contributed by atoms with Crippen molar-refractivity contribution in [3.05, 3.63) is 94.7 Å². The predicted octanol–water partition coefficient (Wildman–Crippen LogP) is 6.42. The number of nitrogens with zero attached hydrogens (tertiary/aromatic N) is 1. The van der Waals surface area contributed by atoms with Gasteiger partial charge in [0.1, 0.15) is 17.3 Å². The molecule has 7 nitrogen and oxygen atoms in total. The van der Waals surface area contributed by atoms with Crippen LogP contribution >= 0.6 is 0 Å². The zero-order valence-corrected chi connectivity index (χ0v) is 23.0. The molecule has 1 amide bonds. The minimum Gasteiger partial charge on any atom is -0.507 e. The van der Waals surface area contributed by atoms with Crippen molar-refractivity contribution in [2.24, 2.45) is 0 Å². The van der Waals surface area contributed by atoms with Crippen molar-refractivity contribution in [3.8, 4) is 11.5 Å². The van der Waals surface area contributed by atoms with Crippen molar-refractivity contribution < 1.29 is 24.2 Å². The number of aliphatic hydroxyl groups is 1. The van der Waals surface area contributed by atoms with E-state index in [0.717, 1.165) is 27.7 Å². The van der Waals surface area contributed by atoms with Gasteiger partial charge in [-0.25, -0.2) is 0 Å². The van der Waals surface area contributed by atoms with Gasteiger partial charge in [-0.3, -0.25) is 14.5 Å². The molecule has 3 aromatic carbocycles. The molecule has 1 aliphatic rings. The highest BCUT2D eigenvalue weighted by atomic mass is 16.5. The molecule has 1 atom stereocenters. The van der Waals surface area contributed by atoms with Gasteiger partial charge in [-0.2, -0.15) is 0 Å². The van der Waals surface area contributed by atoms with Crippen LogP contribution in [0.4, 0.5) is 5.69 Å². The predicted molar refractivity (Wildman–Crippen MR) is 153 cm³/mol. The maximum absolute atomic E-state index is 13.7. The van der Waals surface area contributed by atoms with Crippen LogP contribution in [0.3, 0.4) is 0 Å². The molecule has 1 saturated heterocycles. The Hall–Kier alpha value is -4.52. The van der Waals surface area contributed by atoms with Gasteiger partial charge in [-0.1, -0.05) is 39.0 Å². The van der Waals surface area contributed by atoms with Crippen LogP contribution in [0.5, 0.6) is 11.5 Å². The number of hydrogen-bond donors (Lipinski definition) is 2. The molecule has 0 radical (unpaired) electrons. The quantitative estimate of drug-likeness (QED) is 0.179. The van der Waals surface area contributed by atoms with Gasteiger partial charge >= 0.3 is 0 Å². The molecule has 2 heterocycles. The number of aryl methyl sites for hydroxylation is 1. The van der Waals surface area contributed by atoms with E-state index < -0.39 is 17.7 Å².